The number of nitro groups is 1. The highest BCUT2D eigenvalue weighted by Crippen LogP contribution is 2.33. The fourth-order valence-corrected chi connectivity index (χ4v) is 1.85. The number of rotatable bonds is 6. The molecule has 19 heavy (non-hydrogen) atoms. The van der Waals surface area contributed by atoms with Crippen LogP contribution >= 0.6 is 0 Å². The molecule has 6 heteroatoms. The van der Waals surface area contributed by atoms with Gasteiger partial charge in [0.2, 0.25) is 0 Å². The molecule has 0 unspecified atom stereocenters. The van der Waals surface area contributed by atoms with E-state index in [-0.39, 0.29) is 23.0 Å². The summed E-state index contributed by atoms with van der Waals surface area (Å²) >= 11 is 0. The van der Waals surface area contributed by atoms with Crippen LogP contribution in [0.2, 0.25) is 0 Å². The van der Waals surface area contributed by atoms with Crippen LogP contribution in [0.25, 0.3) is 0 Å². The van der Waals surface area contributed by atoms with E-state index in [9.17, 15) is 20.0 Å². The average molecular weight is 264 g/mol. The van der Waals surface area contributed by atoms with Gasteiger partial charge in [0, 0.05) is 18.7 Å². The van der Waals surface area contributed by atoms with E-state index >= 15 is 0 Å². The molecule has 0 bridgehead atoms. The number of nitrogens with zero attached hydrogens (tertiary/aromatic N) is 2. The molecule has 1 N–H and O–H groups in total. The molecule has 0 heterocycles. The van der Waals surface area contributed by atoms with E-state index in [1.54, 1.807) is 11.0 Å². The van der Waals surface area contributed by atoms with Crippen molar-refractivity contribution in [1.82, 2.24) is 0 Å². The van der Waals surface area contributed by atoms with Crippen LogP contribution in [0, 0.1) is 10.1 Å². The zero-order valence-corrected chi connectivity index (χ0v) is 10.9. The van der Waals surface area contributed by atoms with E-state index in [0.29, 0.717) is 6.54 Å². The molecule has 0 radical (unpaired) electrons. The second-order valence-electron chi connectivity index (χ2n) is 4.27. The number of hydrogen-bond donors (Lipinski definition) is 1. The van der Waals surface area contributed by atoms with E-state index in [0.717, 1.165) is 0 Å². The zero-order chi connectivity index (χ0) is 14.6. The monoisotopic (exact) mass is 264 g/mol. The number of benzene rings is 1. The number of carboxylic acid groups (broad SMARTS) is 1. The molecule has 0 aliphatic heterocycles. The first kappa shape index (κ1) is 14.7. The summed E-state index contributed by atoms with van der Waals surface area (Å²) in [6.07, 6.45) is 1.59. The summed E-state index contributed by atoms with van der Waals surface area (Å²) in [6.45, 7) is 7.61. The topological polar surface area (TPSA) is 83.7 Å². The van der Waals surface area contributed by atoms with Crippen LogP contribution in [0.3, 0.4) is 0 Å². The number of para-hydroxylation sites is 1. The number of anilines is 1. The molecule has 1 aromatic rings. The summed E-state index contributed by atoms with van der Waals surface area (Å²) in [5, 5.41) is 20.3. The van der Waals surface area contributed by atoms with Crippen molar-refractivity contribution in [3.63, 3.8) is 0 Å². The Morgan fingerprint density at radius 2 is 2.21 bits per heavy atom. The van der Waals surface area contributed by atoms with Gasteiger partial charge in [-0.25, -0.2) is 4.79 Å². The van der Waals surface area contributed by atoms with E-state index in [2.05, 4.69) is 6.58 Å². The third-order valence-electron chi connectivity index (χ3n) is 2.68. The fraction of sp³-hybridized carbons (Fsp3) is 0.308. The second-order valence-corrected chi connectivity index (χ2v) is 4.27. The van der Waals surface area contributed by atoms with E-state index in [4.69, 9.17) is 0 Å². The fourth-order valence-electron chi connectivity index (χ4n) is 1.85. The van der Waals surface area contributed by atoms with Gasteiger partial charge < -0.3 is 10.0 Å². The van der Waals surface area contributed by atoms with Gasteiger partial charge in [0.05, 0.1) is 10.5 Å². The molecule has 0 aliphatic rings. The molecular formula is C13H16N2O4. The highest BCUT2D eigenvalue weighted by molar-refractivity contribution is 5.97. The highest BCUT2D eigenvalue weighted by atomic mass is 16.6. The van der Waals surface area contributed by atoms with E-state index < -0.39 is 10.9 Å². The van der Waals surface area contributed by atoms with Crippen molar-refractivity contribution in [3.8, 4) is 0 Å². The predicted molar refractivity (Wildman–Crippen MR) is 72.7 cm³/mol. The molecule has 0 saturated carbocycles. The van der Waals surface area contributed by atoms with Gasteiger partial charge in [0.15, 0.2) is 0 Å². The van der Waals surface area contributed by atoms with E-state index in [1.807, 2.05) is 13.8 Å². The van der Waals surface area contributed by atoms with Gasteiger partial charge in [-0.1, -0.05) is 12.1 Å². The van der Waals surface area contributed by atoms with Gasteiger partial charge in [-0.3, -0.25) is 10.1 Å². The van der Waals surface area contributed by atoms with Crippen LogP contribution in [0.15, 0.2) is 30.9 Å². The predicted octanol–water partition coefficient (Wildman–Crippen LogP) is 2.69. The van der Waals surface area contributed by atoms with Crippen molar-refractivity contribution in [3.05, 3.63) is 46.5 Å². The molecule has 102 valence electrons. The minimum atomic E-state index is -1.19. The lowest BCUT2D eigenvalue weighted by Crippen LogP contribution is -2.32. The van der Waals surface area contributed by atoms with Crippen molar-refractivity contribution in [2.24, 2.45) is 0 Å². The quantitative estimate of drug-likeness (QED) is 0.485. The lowest BCUT2D eigenvalue weighted by atomic mass is 10.1. The van der Waals surface area contributed by atoms with Crippen LogP contribution in [-0.4, -0.2) is 28.6 Å². The van der Waals surface area contributed by atoms with Crippen LogP contribution in [-0.2, 0) is 0 Å². The Kier molecular flexibility index (Phi) is 4.63. The number of carboxylic acids is 1. The Balaban J connectivity index is 3.54. The Morgan fingerprint density at radius 1 is 1.58 bits per heavy atom. The van der Waals surface area contributed by atoms with Crippen molar-refractivity contribution in [2.75, 3.05) is 11.4 Å². The van der Waals surface area contributed by atoms with Crippen LogP contribution in [0.4, 0.5) is 11.4 Å². The van der Waals surface area contributed by atoms with Crippen LogP contribution in [0.1, 0.15) is 24.2 Å². The molecule has 0 fully saturated rings. The van der Waals surface area contributed by atoms with Crippen molar-refractivity contribution in [2.45, 2.75) is 19.9 Å². The molecule has 0 aromatic heterocycles. The van der Waals surface area contributed by atoms with Gasteiger partial charge in [-0.15, -0.1) is 6.58 Å². The van der Waals surface area contributed by atoms with E-state index in [1.165, 1.54) is 18.2 Å². The van der Waals surface area contributed by atoms with Gasteiger partial charge in [-0.2, -0.15) is 0 Å². The van der Waals surface area contributed by atoms with Gasteiger partial charge in [0.25, 0.3) is 5.69 Å². The molecule has 0 atom stereocenters. The van der Waals surface area contributed by atoms with Crippen molar-refractivity contribution < 1.29 is 14.8 Å². The molecule has 0 spiro atoms. The highest BCUT2D eigenvalue weighted by Gasteiger charge is 2.26. The molecule has 6 nitrogen and oxygen atoms in total. The SMILES string of the molecule is C=CCN(c1c(C(=O)O)cccc1[N+](=O)[O-])C(C)C. The van der Waals surface area contributed by atoms with Gasteiger partial charge in [0.1, 0.15) is 5.69 Å². The molecule has 1 rings (SSSR count). The first-order valence-corrected chi connectivity index (χ1v) is 5.78. The maximum absolute atomic E-state index is 11.3. The Bertz CT molecular complexity index is 479. The normalized spacial score (nSPS) is 10.3. The first-order valence-electron chi connectivity index (χ1n) is 5.78. The minimum absolute atomic E-state index is 0.0789. The first-order chi connectivity index (χ1) is 8.90. The van der Waals surface area contributed by atoms with Crippen LogP contribution in [0.5, 0.6) is 0 Å². The molecule has 1 aromatic carbocycles. The number of aromatic carboxylic acids is 1. The number of hydrogen-bond acceptors (Lipinski definition) is 4. The Labute approximate surface area is 111 Å². The Morgan fingerprint density at radius 3 is 2.63 bits per heavy atom. The molecule has 0 saturated heterocycles. The number of carbonyl (C=O) groups is 1. The van der Waals surface area contributed by atoms with Crippen molar-refractivity contribution in [1.29, 1.82) is 0 Å². The Hall–Kier alpha value is -2.37. The standard InChI is InChI=1S/C13H16N2O4/c1-4-8-14(9(2)3)12-10(13(16)17)6-5-7-11(12)15(18)19/h4-7,9H,1,8H2,2-3H3,(H,16,17). The molecule has 0 amide bonds. The summed E-state index contributed by atoms with van der Waals surface area (Å²) in [4.78, 5) is 23.4. The lowest BCUT2D eigenvalue weighted by molar-refractivity contribution is -0.384. The third kappa shape index (κ3) is 3.09. The third-order valence-corrected chi connectivity index (χ3v) is 2.68. The zero-order valence-electron chi connectivity index (χ0n) is 10.9. The molecule has 0 aliphatic carbocycles. The number of nitro benzene ring substituents is 1. The summed E-state index contributed by atoms with van der Waals surface area (Å²) in [5.74, 6) is -1.19. The smallest absolute Gasteiger partial charge is 0.338 e. The summed E-state index contributed by atoms with van der Waals surface area (Å²) in [7, 11) is 0. The van der Waals surface area contributed by atoms with Gasteiger partial charge in [-0.05, 0) is 19.9 Å². The average Bonchev–Trinajstić information content (AvgIpc) is 2.34. The van der Waals surface area contributed by atoms with Gasteiger partial charge >= 0.3 is 5.97 Å². The lowest BCUT2D eigenvalue weighted by Gasteiger charge is -2.28. The maximum atomic E-state index is 11.3. The summed E-state index contributed by atoms with van der Waals surface area (Å²) in [5.41, 5.74) is -0.171. The maximum Gasteiger partial charge on any atom is 0.338 e. The second kappa shape index (κ2) is 5.99. The summed E-state index contributed by atoms with van der Waals surface area (Å²) in [6, 6.07) is 3.96. The minimum Gasteiger partial charge on any atom is -0.478 e. The molecular weight excluding hydrogens is 248 g/mol. The summed E-state index contributed by atoms with van der Waals surface area (Å²) < 4.78 is 0. The van der Waals surface area contributed by atoms with Crippen molar-refractivity contribution >= 4 is 17.3 Å². The largest absolute Gasteiger partial charge is 0.478 e. The van der Waals surface area contributed by atoms with Crippen LogP contribution < -0.4 is 4.90 Å².